The summed E-state index contributed by atoms with van der Waals surface area (Å²) in [4.78, 5) is 33.9. The highest BCUT2D eigenvalue weighted by molar-refractivity contribution is 5.91. The molecule has 1 aromatic heterocycles. The molecule has 0 atom stereocenters. The molecule has 0 aliphatic heterocycles. The zero-order valence-electron chi connectivity index (χ0n) is 24.2. The monoisotopic (exact) mass is 567 g/mol. The van der Waals surface area contributed by atoms with Crippen LogP contribution in [0.2, 0.25) is 0 Å². The van der Waals surface area contributed by atoms with Crippen molar-refractivity contribution in [1.82, 2.24) is 9.97 Å². The van der Waals surface area contributed by atoms with E-state index in [0.717, 1.165) is 28.9 Å². The fourth-order valence-corrected chi connectivity index (χ4v) is 4.23. The van der Waals surface area contributed by atoms with E-state index < -0.39 is 12.1 Å². The Kier molecular flexibility index (Phi) is 11.5. The molecule has 1 N–H and O–H groups in total. The highest BCUT2D eigenvalue weighted by Gasteiger charge is 2.19. The molecule has 42 heavy (non-hydrogen) atoms. The number of rotatable bonds is 14. The third-order valence-electron chi connectivity index (χ3n) is 6.57. The lowest BCUT2D eigenvalue weighted by atomic mass is 10.1. The summed E-state index contributed by atoms with van der Waals surface area (Å²) in [5.41, 5.74) is 3.38. The van der Waals surface area contributed by atoms with Crippen LogP contribution in [-0.4, -0.2) is 28.6 Å². The minimum atomic E-state index is -0.676. The van der Waals surface area contributed by atoms with Crippen LogP contribution >= 0.6 is 0 Å². The minimum Gasteiger partial charge on any atom is -0.494 e. The largest absolute Gasteiger partial charge is 0.494 e. The minimum absolute atomic E-state index is 0.104. The van der Waals surface area contributed by atoms with E-state index >= 15 is 0 Å². The number of para-hydroxylation sites is 1. The quantitative estimate of drug-likeness (QED) is 0.0931. The van der Waals surface area contributed by atoms with Gasteiger partial charge < -0.3 is 14.2 Å². The average Bonchev–Trinajstić information content (AvgIpc) is 3.03. The molecule has 8 nitrogen and oxygen atoms in total. The molecule has 1 heterocycles. The molecule has 0 spiro atoms. The van der Waals surface area contributed by atoms with Crippen LogP contribution in [0.4, 0.5) is 10.5 Å². The molecule has 218 valence electrons. The molecule has 4 aromatic rings. The Bertz CT molecular complexity index is 1420. The van der Waals surface area contributed by atoms with Crippen molar-refractivity contribution < 1.29 is 23.8 Å². The zero-order valence-corrected chi connectivity index (χ0v) is 24.2. The second-order valence-corrected chi connectivity index (χ2v) is 9.78. The predicted octanol–water partition coefficient (Wildman–Crippen LogP) is 8.22. The molecule has 0 radical (unpaired) electrons. The number of nitrogens with one attached hydrogen (secondary N) is 1. The normalized spacial score (nSPS) is 10.6. The number of aromatic nitrogens is 2. The van der Waals surface area contributed by atoms with Crippen molar-refractivity contribution in [2.75, 3.05) is 11.9 Å². The molecular weight excluding hydrogens is 530 g/mol. The number of carbonyl (C=O) groups excluding carboxylic acids is 2. The number of carbonyl (C=O) groups is 2. The molecule has 0 unspecified atom stereocenters. The summed E-state index contributed by atoms with van der Waals surface area (Å²) in [5, 5.41) is 2.68. The van der Waals surface area contributed by atoms with Gasteiger partial charge in [0, 0.05) is 24.4 Å². The van der Waals surface area contributed by atoms with Gasteiger partial charge in [0.2, 0.25) is 0 Å². The standard InChI is InChI=1S/C34H37N3O5/c1-3-5-6-7-11-21-40-28-19-17-26(18-20-28)27-22-35-33(36-23-27)29-15-12-16-30(32(29)42-31(38)4-2)37-34(39)41-24-25-13-9-8-10-14-25/h8-10,12-20,22-23H,3-7,11,21,24H2,1-2H3,(H,37,39). The lowest BCUT2D eigenvalue weighted by Crippen LogP contribution is -2.16. The molecule has 0 saturated carbocycles. The topological polar surface area (TPSA) is 99.6 Å². The first kappa shape index (κ1) is 30.2. The SMILES string of the molecule is CCCCCCCOc1ccc(-c2cnc(-c3cccc(NC(=O)OCc4ccccc4)c3OC(=O)CC)nc2)cc1. The van der Waals surface area contributed by atoms with Crippen LogP contribution in [0.5, 0.6) is 11.5 Å². The molecule has 4 rings (SSSR count). The molecule has 3 aromatic carbocycles. The molecule has 0 aliphatic rings. The van der Waals surface area contributed by atoms with Gasteiger partial charge in [0.25, 0.3) is 0 Å². The lowest BCUT2D eigenvalue weighted by Gasteiger charge is -2.15. The number of unbranched alkanes of at least 4 members (excludes halogenated alkanes) is 4. The number of nitrogens with zero attached hydrogens (tertiary/aromatic N) is 2. The van der Waals surface area contributed by atoms with E-state index in [-0.39, 0.29) is 24.5 Å². The van der Waals surface area contributed by atoms with Crippen LogP contribution < -0.4 is 14.8 Å². The molecule has 0 fully saturated rings. The molecule has 0 saturated heterocycles. The van der Waals surface area contributed by atoms with E-state index in [2.05, 4.69) is 22.2 Å². The average molecular weight is 568 g/mol. The highest BCUT2D eigenvalue weighted by Crippen LogP contribution is 2.36. The van der Waals surface area contributed by atoms with Gasteiger partial charge in [0.15, 0.2) is 11.6 Å². The Labute approximate surface area is 247 Å². The third kappa shape index (κ3) is 8.89. The van der Waals surface area contributed by atoms with Crippen LogP contribution in [0.1, 0.15) is 57.9 Å². The summed E-state index contributed by atoms with van der Waals surface area (Å²) in [7, 11) is 0. The Morgan fingerprint density at radius 1 is 0.786 bits per heavy atom. The van der Waals surface area contributed by atoms with Crippen LogP contribution in [-0.2, 0) is 16.1 Å². The summed E-state index contributed by atoms with van der Waals surface area (Å²) < 4.78 is 16.8. The Hall–Kier alpha value is -4.72. The van der Waals surface area contributed by atoms with Gasteiger partial charge in [-0.15, -0.1) is 0 Å². The summed E-state index contributed by atoms with van der Waals surface area (Å²) in [6.45, 7) is 4.72. The molecule has 0 bridgehead atoms. The van der Waals surface area contributed by atoms with Crippen molar-refractivity contribution >= 4 is 17.7 Å². The van der Waals surface area contributed by atoms with Gasteiger partial charge in [-0.2, -0.15) is 0 Å². The fourth-order valence-electron chi connectivity index (χ4n) is 4.23. The van der Waals surface area contributed by atoms with Crippen molar-refractivity contribution in [2.24, 2.45) is 0 Å². The van der Waals surface area contributed by atoms with Gasteiger partial charge in [-0.1, -0.05) is 88.1 Å². The lowest BCUT2D eigenvalue weighted by molar-refractivity contribution is -0.133. The highest BCUT2D eigenvalue weighted by atomic mass is 16.6. The predicted molar refractivity (Wildman–Crippen MR) is 163 cm³/mol. The first-order valence-corrected chi connectivity index (χ1v) is 14.4. The van der Waals surface area contributed by atoms with Gasteiger partial charge in [-0.25, -0.2) is 14.8 Å². The maximum absolute atomic E-state index is 12.6. The zero-order chi connectivity index (χ0) is 29.6. The van der Waals surface area contributed by atoms with E-state index in [9.17, 15) is 9.59 Å². The summed E-state index contributed by atoms with van der Waals surface area (Å²) in [6.07, 6.45) is 8.90. The number of esters is 1. The van der Waals surface area contributed by atoms with Crippen molar-refractivity contribution in [2.45, 2.75) is 59.0 Å². The maximum Gasteiger partial charge on any atom is 0.412 e. The van der Waals surface area contributed by atoms with Crippen LogP contribution in [0.3, 0.4) is 0 Å². The Morgan fingerprint density at radius 3 is 2.24 bits per heavy atom. The number of anilines is 1. The van der Waals surface area contributed by atoms with Crippen molar-refractivity contribution in [3.63, 3.8) is 0 Å². The second-order valence-electron chi connectivity index (χ2n) is 9.78. The number of hydrogen-bond donors (Lipinski definition) is 1. The van der Waals surface area contributed by atoms with Crippen LogP contribution in [0, 0.1) is 0 Å². The number of hydrogen-bond acceptors (Lipinski definition) is 7. The second kappa shape index (κ2) is 15.9. The van der Waals surface area contributed by atoms with Crippen molar-refractivity contribution in [1.29, 1.82) is 0 Å². The van der Waals surface area contributed by atoms with Gasteiger partial charge in [-0.05, 0) is 41.8 Å². The third-order valence-corrected chi connectivity index (χ3v) is 6.57. The first-order valence-electron chi connectivity index (χ1n) is 14.4. The van der Waals surface area contributed by atoms with E-state index in [1.807, 2.05) is 54.6 Å². The summed E-state index contributed by atoms with van der Waals surface area (Å²) >= 11 is 0. The van der Waals surface area contributed by atoms with Gasteiger partial charge in [0.1, 0.15) is 12.4 Å². The van der Waals surface area contributed by atoms with Gasteiger partial charge in [-0.3, -0.25) is 10.1 Å². The smallest absolute Gasteiger partial charge is 0.412 e. The fraction of sp³-hybridized carbons (Fsp3) is 0.294. The molecule has 1 amide bonds. The number of ether oxygens (including phenoxy) is 3. The van der Waals surface area contributed by atoms with Gasteiger partial charge in [0.05, 0.1) is 17.9 Å². The van der Waals surface area contributed by atoms with Crippen molar-refractivity contribution in [3.05, 3.63) is 90.8 Å². The molecule has 0 aliphatic carbocycles. The van der Waals surface area contributed by atoms with E-state index in [4.69, 9.17) is 14.2 Å². The summed E-state index contributed by atoms with van der Waals surface area (Å²) in [5.74, 6) is 0.885. The maximum atomic E-state index is 12.6. The summed E-state index contributed by atoms with van der Waals surface area (Å²) in [6, 6.07) is 22.3. The van der Waals surface area contributed by atoms with Gasteiger partial charge >= 0.3 is 12.1 Å². The van der Waals surface area contributed by atoms with Crippen molar-refractivity contribution in [3.8, 4) is 34.0 Å². The number of benzene rings is 3. The van der Waals surface area contributed by atoms with E-state index in [1.54, 1.807) is 37.5 Å². The van der Waals surface area contributed by atoms with E-state index in [0.29, 0.717) is 18.0 Å². The van der Waals surface area contributed by atoms with Crippen LogP contribution in [0.25, 0.3) is 22.5 Å². The van der Waals surface area contributed by atoms with E-state index in [1.165, 1.54) is 25.7 Å². The first-order chi connectivity index (χ1) is 20.6. The number of amides is 1. The molecular formula is C34H37N3O5. The Balaban J connectivity index is 1.45. The molecule has 8 heteroatoms. The Morgan fingerprint density at radius 2 is 1.52 bits per heavy atom. The van der Waals surface area contributed by atoms with Crippen LogP contribution in [0.15, 0.2) is 85.2 Å².